The number of aromatic nitrogens is 4. The van der Waals surface area contributed by atoms with Crippen LogP contribution in [0.5, 0.6) is 0 Å². The fraction of sp³-hybridized carbons (Fsp3) is 0.500. The first-order valence-corrected chi connectivity index (χ1v) is 13.1. The van der Waals surface area contributed by atoms with Crippen molar-refractivity contribution in [3.8, 4) is 0 Å². The zero-order valence-corrected chi connectivity index (χ0v) is 31.3. The van der Waals surface area contributed by atoms with Gasteiger partial charge in [-0.2, -0.15) is 0 Å². The van der Waals surface area contributed by atoms with E-state index in [1.807, 2.05) is 0 Å². The Bertz CT molecular complexity index is 1170. The predicted octanol–water partition coefficient (Wildman–Crippen LogP) is -15.4. The second kappa shape index (κ2) is 16.1. The van der Waals surface area contributed by atoms with E-state index in [1.54, 1.807) is 0 Å². The van der Waals surface area contributed by atoms with E-state index in [-0.39, 0.29) is 140 Å². The second-order valence-corrected chi connectivity index (χ2v) is 11.0. The maximum Gasteiger partial charge on any atom is 1.00 e. The number of halogens is 1. The Morgan fingerprint density at radius 1 is 1.03 bits per heavy atom. The van der Waals surface area contributed by atoms with Crippen LogP contribution in [-0.4, -0.2) is 54.7 Å². The van der Waals surface area contributed by atoms with Gasteiger partial charge in [0, 0.05) is 0 Å². The molecule has 1 aliphatic rings. The predicted molar refractivity (Wildman–Crippen MR) is 94.3 cm³/mol. The van der Waals surface area contributed by atoms with Crippen molar-refractivity contribution in [2.45, 2.75) is 24.5 Å². The van der Waals surface area contributed by atoms with Crippen molar-refractivity contribution in [3.05, 3.63) is 11.1 Å². The van der Waals surface area contributed by atoms with Crippen LogP contribution in [-0.2, 0) is 31.6 Å². The van der Waals surface area contributed by atoms with Gasteiger partial charge in [-0.15, -0.1) is 0 Å². The van der Waals surface area contributed by atoms with Crippen molar-refractivity contribution in [2.24, 2.45) is 0 Å². The number of fused-ring (bicyclic) bond motifs is 1. The van der Waals surface area contributed by atoms with E-state index in [2.05, 4.69) is 44.0 Å². The molecule has 2 aromatic rings. The average Bonchev–Trinajstić information content (AvgIpc) is 3.08. The molecule has 1 aliphatic heterocycles. The van der Waals surface area contributed by atoms with Crippen molar-refractivity contribution < 1.29 is 180 Å². The van der Waals surface area contributed by atoms with Crippen molar-refractivity contribution in [1.29, 1.82) is 0 Å². The number of rotatable bonds is 8. The number of nitrogen functional groups attached to an aromatic ring is 1. The monoisotopic (exact) mass is 673 g/mol. The van der Waals surface area contributed by atoms with Gasteiger partial charge in [-0.25, -0.2) is 19.3 Å². The molecule has 0 bridgehead atoms. The molecule has 3 heterocycles. The largest absolute Gasteiger partial charge is 1.00 e. The molecule has 4 N–H and O–H groups in total. The van der Waals surface area contributed by atoms with Gasteiger partial charge < -0.3 is 49.3 Å². The van der Waals surface area contributed by atoms with Crippen LogP contribution in [0.25, 0.3) is 11.2 Å². The van der Waals surface area contributed by atoms with E-state index >= 15 is 0 Å². The molecule has 1 saturated heterocycles. The molecule has 6 atom stereocenters. The number of nitrogens with zero attached hydrogens (tertiary/aromatic N) is 4. The summed E-state index contributed by atoms with van der Waals surface area (Å²) in [5.41, 5.74) is 5.91. The molecular weight excluding hydrogens is 663 g/mol. The van der Waals surface area contributed by atoms with Crippen LogP contribution < -0.4 is 144 Å². The van der Waals surface area contributed by atoms with Crippen molar-refractivity contribution in [2.75, 3.05) is 12.3 Å². The number of nitrogens with two attached hydrogens (primary N) is 1. The molecule has 18 nitrogen and oxygen atoms in total. The number of phosphoric ester groups is 1. The van der Waals surface area contributed by atoms with Crippen LogP contribution in [0.2, 0.25) is 0 Å². The first-order chi connectivity index (χ1) is 14.6. The molecule has 3 rings (SSSR count). The van der Waals surface area contributed by atoms with Gasteiger partial charge in [0.25, 0.3) is 15.6 Å². The Labute approximate surface area is 299 Å². The van der Waals surface area contributed by atoms with Gasteiger partial charge in [0.15, 0.2) is 27.9 Å². The van der Waals surface area contributed by atoms with E-state index in [0.717, 1.165) is 6.33 Å². The third-order valence-electron chi connectivity index (χ3n) is 3.85. The summed E-state index contributed by atoms with van der Waals surface area (Å²) in [6, 6.07) is 0. The Balaban J connectivity index is 0. The molecule has 1 fully saturated rings. The van der Waals surface area contributed by atoms with Gasteiger partial charge in [0.1, 0.15) is 24.6 Å². The van der Waals surface area contributed by atoms with Gasteiger partial charge >= 0.3 is 118 Å². The molecule has 2 unspecified atom stereocenters. The summed E-state index contributed by atoms with van der Waals surface area (Å²) in [7, 11) is -18.1. The van der Waals surface area contributed by atoms with E-state index in [0.29, 0.717) is 0 Å². The molecule has 0 aromatic carbocycles. The zero-order chi connectivity index (χ0) is 24.1. The maximum absolute atomic E-state index is 11.6. The SMILES string of the molecule is Nc1ncnc2c1nc(Br)n2[C@@H]1O[C@H](COP(=O)([O-])OP(=O)([O-])OP(=O)([O-])[O-])[C@@H](O)[C@H]1O.[Na+].[Na+].[Na+].[Na+]. The number of imidazole rings is 1. The van der Waals surface area contributed by atoms with Crippen LogP contribution in [0.4, 0.5) is 5.82 Å². The fourth-order valence-corrected chi connectivity index (χ4v) is 6.07. The topological polar surface area (TPSA) is 290 Å². The van der Waals surface area contributed by atoms with Gasteiger partial charge in [-0.3, -0.25) is 18.0 Å². The minimum absolute atomic E-state index is 0. The molecule has 0 radical (unpaired) electrons. The van der Waals surface area contributed by atoms with Gasteiger partial charge in [0.2, 0.25) is 0 Å². The van der Waals surface area contributed by atoms with Crippen molar-refractivity contribution in [3.63, 3.8) is 0 Å². The second-order valence-electron chi connectivity index (χ2n) is 6.03. The van der Waals surface area contributed by atoms with Crippen LogP contribution in [0.1, 0.15) is 6.23 Å². The molecule has 0 spiro atoms. The summed E-state index contributed by atoms with van der Waals surface area (Å²) in [6.45, 7) is -1.09. The van der Waals surface area contributed by atoms with Crippen molar-refractivity contribution in [1.82, 2.24) is 19.5 Å². The molecule has 36 heavy (non-hydrogen) atoms. The van der Waals surface area contributed by atoms with Crippen molar-refractivity contribution >= 4 is 56.4 Å². The smallest absolute Gasteiger partial charge is 0.790 e. The summed E-state index contributed by atoms with van der Waals surface area (Å²) in [4.78, 5) is 55.2. The Morgan fingerprint density at radius 3 is 2.17 bits per heavy atom. The number of aliphatic hydroxyl groups is 2. The number of phosphoric acid groups is 3. The standard InChI is InChI=1S/C10H15BrN5O13P3.4Na/c11-10-15-4-7(12)13-2-14-8(4)16(10)9-6(18)5(17)3(27-9)1-26-31(22,23)29-32(24,25)28-30(19,20)21;;;;/h2-3,5-6,9,17-18H,1H2,(H,22,23)(H,24,25)(H2,12,13,14)(H2,19,20,21);;;;/q;4*+1/p-4/t3-,5-,6-,9-;;;;/m1..../s1. The molecule has 0 aliphatic carbocycles. The molecule has 180 valence electrons. The Hall–Kier alpha value is 3.12. The van der Waals surface area contributed by atoms with E-state index in [1.165, 1.54) is 4.57 Å². The normalized spacial score (nSPS) is 24.9. The number of anilines is 1. The van der Waals surface area contributed by atoms with Crippen LogP contribution >= 0.6 is 39.4 Å². The van der Waals surface area contributed by atoms with Gasteiger partial charge in [0.05, 0.1) is 14.4 Å². The van der Waals surface area contributed by atoms with Crippen LogP contribution in [0.15, 0.2) is 11.1 Å². The molecule has 0 amide bonds. The fourth-order valence-electron chi connectivity index (χ4n) is 2.65. The summed E-state index contributed by atoms with van der Waals surface area (Å²) in [5, 5.41) is 20.5. The van der Waals surface area contributed by atoms with Crippen LogP contribution in [0.3, 0.4) is 0 Å². The van der Waals surface area contributed by atoms with Gasteiger partial charge in [-0.05, 0) is 15.9 Å². The van der Waals surface area contributed by atoms with E-state index in [4.69, 9.17) is 10.5 Å². The third kappa shape index (κ3) is 10.7. The summed E-state index contributed by atoms with van der Waals surface area (Å²) >= 11 is 3.11. The number of hydrogen-bond acceptors (Lipinski definition) is 17. The Morgan fingerprint density at radius 2 is 1.61 bits per heavy atom. The minimum Gasteiger partial charge on any atom is -0.790 e. The zero-order valence-electron chi connectivity index (χ0n) is 19.1. The quantitative estimate of drug-likeness (QED) is 0.133. The number of aliphatic hydroxyl groups excluding tert-OH is 2. The van der Waals surface area contributed by atoms with Crippen LogP contribution in [0, 0.1) is 0 Å². The average molecular weight is 674 g/mol. The van der Waals surface area contributed by atoms with E-state index < -0.39 is 54.6 Å². The third-order valence-corrected chi connectivity index (χ3v) is 8.08. The summed E-state index contributed by atoms with van der Waals surface area (Å²) in [5.74, 6) is -0.00298. The maximum atomic E-state index is 11.6. The molecule has 26 heteroatoms. The molecular formula is C10H11BrN5Na4O13P3. The van der Waals surface area contributed by atoms with E-state index in [9.17, 15) is 43.5 Å². The minimum atomic E-state index is -6.15. The number of ether oxygens (including phenoxy) is 1. The summed E-state index contributed by atoms with van der Waals surface area (Å²) < 4.78 is 50.5. The van der Waals surface area contributed by atoms with Gasteiger partial charge in [-0.1, -0.05) is 0 Å². The Kier molecular flexibility index (Phi) is 18.4. The summed E-state index contributed by atoms with van der Waals surface area (Å²) in [6.07, 6.45) is -5.30. The molecule has 2 aromatic heterocycles. The first kappa shape index (κ1) is 41.3. The molecule has 0 saturated carbocycles. The number of hydrogen-bond donors (Lipinski definition) is 3. The first-order valence-electron chi connectivity index (χ1n) is 7.97.